The van der Waals surface area contributed by atoms with Gasteiger partial charge in [0, 0.05) is 6.42 Å². The zero-order chi connectivity index (χ0) is 18.1. The lowest BCUT2D eigenvalue weighted by molar-refractivity contribution is -0.139. The highest BCUT2D eigenvalue weighted by Crippen LogP contribution is 2.26. The van der Waals surface area contributed by atoms with Crippen LogP contribution in [0, 0.1) is 5.41 Å². The number of aromatic nitrogens is 3. The Morgan fingerprint density at radius 1 is 1.25 bits per heavy atom. The van der Waals surface area contributed by atoms with Crippen molar-refractivity contribution in [3.63, 3.8) is 0 Å². The number of fused-ring (bicyclic) bond motifs is 1. The number of carbonyl (C=O) groups is 1. The van der Waals surface area contributed by atoms with Crippen LogP contribution in [0.2, 0.25) is 0 Å². The topological polar surface area (TPSA) is 80.0 Å². The number of hydrogen-bond acceptors (Lipinski definition) is 4. The van der Waals surface area contributed by atoms with Crippen molar-refractivity contribution in [3.05, 3.63) is 17.8 Å². The summed E-state index contributed by atoms with van der Waals surface area (Å²) in [6.07, 6.45) is -4.37. The average molecular weight is 344 g/mol. The molecule has 2 aromatic heterocycles. The Labute approximate surface area is 136 Å². The highest BCUT2D eigenvalue weighted by Gasteiger charge is 2.31. The summed E-state index contributed by atoms with van der Waals surface area (Å²) in [5.41, 5.74) is 0.0821. The summed E-state index contributed by atoms with van der Waals surface area (Å²) in [5, 5.41) is 11.5. The maximum Gasteiger partial charge on any atom is 0.406 e. The number of anilines is 1. The van der Waals surface area contributed by atoms with Gasteiger partial charge in [0.25, 0.3) is 0 Å². The van der Waals surface area contributed by atoms with Crippen LogP contribution >= 0.6 is 0 Å². The minimum Gasteiger partial charge on any atom is -0.390 e. The lowest BCUT2D eigenvalue weighted by atomic mass is 9.92. The van der Waals surface area contributed by atoms with E-state index in [-0.39, 0.29) is 34.6 Å². The number of carbonyl (C=O) groups excluding carboxylic acids is 1. The molecule has 0 atom stereocenters. The van der Waals surface area contributed by atoms with E-state index in [2.05, 4.69) is 15.3 Å². The lowest BCUT2D eigenvalue weighted by Crippen LogP contribution is -2.24. The van der Waals surface area contributed by atoms with Crippen molar-refractivity contribution in [2.24, 2.45) is 5.41 Å². The molecule has 0 radical (unpaired) electrons. The molecule has 1 amide bonds. The van der Waals surface area contributed by atoms with E-state index in [0.717, 1.165) is 4.57 Å². The van der Waals surface area contributed by atoms with Gasteiger partial charge < -0.3 is 5.11 Å². The van der Waals surface area contributed by atoms with E-state index in [1.165, 1.54) is 12.1 Å². The molecule has 2 N–H and O–H groups in total. The first-order valence-corrected chi connectivity index (χ1v) is 7.32. The van der Waals surface area contributed by atoms with Crippen molar-refractivity contribution in [3.8, 4) is 0 Å². The van der Waals surface area contributed by atoms with Gasteiger partial charge in [0.2, 0.25) is 11.9 Å². The molecule has 6 nitrogen and oxygen atoms in total. The second kappa shape index (κ2) is 6.39. The molecule has 2 aromatic rings. The predicted octanol–water partition coefficient (Wildman–Crippen LogP) is 2.86. The average Bonchev–Trinajstić information content (AvgIpc) is 2.72. The first-order valence-electron chi connectivity index (χ1n) is 7.32. The van der Waals surface area contributed by atoms with Crippen LogP contribution in [0.1, 0.15) is 32.9 Å². The maximum atomic E-state index is 12.9. The first-order chi connectivity index (χ1) is 11.0. The Morgan fingerprint density at radius 2 is 1.92 bits per heavy atom. The summed E-state index contributed by atoms with van der Waals surface area (Å²) in [7, 11) is 0. The van der Waals surface area contributed by atoms with Gasteiger partial charge in [-0.1, -0.05) is 20.8 Å². The third kappa shape index (κ3) is 4.67. The van der Waals surface area contributed by atoms with Gasteiger partial charge in [-0.25, -0.2) is 9.97 Å². The van der Waals surface area contributed by atoms with Gasteiger partial charge >= 0.3 is 6.18 Å². The van der Waals surface area contributed by atoms with Gasteiger partial charge in [0.1, 0.15) is 12.1 Å². The number of alkyl halides is 3. The summed E-state index contributed by atoms with van der Waals surface area (Å²) in [5.74, 6) is -0.636. The third-order valence-corrected chi connectivity index (χ3v) is 3.09. The molecular formula is C15H19F3N4O2. The van der Waals surface area contributed by atoms with E-state index < -0.39 is 25.2 Å². The molecule has 0 aliphatic rings. The first kappa shape index (κ1) is 18.2. The molecule has 0 unspecified atom stereocenters. The molecule has 132 valence electrons. The van der Waals surface area contributed by atoms with Crippen molar-refractivity contribution in [2.75, 3.05) is 5.32 Å². The number of pyridine rings is 1. The van der Waals surface area contributed by atoms with Crippen molar-refractivity contribution in [1.29, 1.82) is 0 Å². The number of imidazole rings is 1. The van der Waals surface area contributed by atoms with E-state index in [1.807, 2.05) is 20.8 Å². The number of nitrogens with one attached hydrogen (secondary N) is 1. The van der Waals surface area contributed by atoms with Crippen LogP contribution in [0.25, 0.3) is 11.2 Å². The Balaban J connectivity index is 2.44. The fraction of sp³-hybridized carbons (Fsp3) is 0.533. The van der Waals surface area contributed by atoms with Gasteiger partial charge in [0.05, 0.1) is 12.3 Å². The highest BCUT2D eigenvalue weighted by atomic mass is 19.4. The molecule has 9 heteroatoms. The number of halogens is 3. The van der Waals surface area contributed by atoms with Gasteiger partial charge in [-0.2, -0.15) is 13.2 Å². The summed E-state index contributed by atoms with van der Waals surface area (Å²) >= 11 is 0. The molecular weight excluding hydrogens is 325 g/mol. The van der Waals surface area contributed by atoms with Crippen molar-refractivity contribution in [1.82, 2.24) is 14.5 Å². The van der Waals surface area contributed by atoms with Crippen molar-refractivity contribution in [2.45, 2.75) is 46.5 Å². The van der Waals surface area contributed by atoms with E-state index in [0.29, 0.717) is 0 Å². The third-order valence-electron chi connectivity index (χ3n) is 3.09. The minimum atomic E-state index is -4.51. The SMILES string of the molecule is CC(C)(C)CC(=O)Nc1nc2ccc(CO)nc2n1CC(F)(F)F. The highest BCUT2D eigenvalue weighted by molar-refractivity contribution is 5.91. The zero-order valence-corrected chi connectivity index (χ0v) is 13.6. The zero-order valence-electron chi connectivity index (χ0n) is 13.6. The summed E-state index contributed by atoms with van der Waals surface area (Å²) in [6, 6.07) is 2.92. The van der Waals surface area contributed by atoms with Crippen LogP contribution in [0.15, 0.2) is 12.1 Å². The van der Waals surface area contributed by atoms with Crippen LogP contribution in [0.5, 0.6) is 0 Å². The number of nitrogens with zero attached hydrogens (tertiary/aromatic N) is 3. The van der Waals surface area contributed by atoms with Gasteiger partial charge in [0.15, 0.2) is 5.65 Å². The fourth-order valence-corrected chi connectivity index (χ4v) is 2.20. The molecule has 0 fully saturated rings. The molecule has 0 saturated heterocycles. The summed E-state index contributed by atoms with van der Waals surface area (Å²) in [6.45, 7) is 3.80. The number of hydrogen-bond donors (Lipinski definition) is 2. The van der Waals surface area contributed by atoms with Crippen LogP contribution < -0.4 is 5.32 Å². The number of amides is 1. The smallest absolute Gasteiger partial charge is 0.390 e. The number of aliphatic hydroxyl groups excluding tert-OH is 1. The van der Waals surface area contributed by atoms with Gasteiger partial charge in [-0.15, -0.1) is 0 Å². The second-order valence-electron chi connectivity index (χ2n) is 6.73. The molecule has 2 rings (SSSR count). The molecule has 0 saturated carbocycles. The standard InChI is InChI=1S/C15H19F3N4O2/c1-14(2,3)6-11(24)21-13-20-10-5-4-9(7-23)19-12(10)22(13)8-15(16,17)18/h4-5,23H,6-8H2,1-3H3,(H,20,21,24). The quantitative estimate of drug-likeness (QED) is 0.894. The minimum absolute atomic E-state index is 0.0371. The van der Waals surface area contributed by atoms with E-state index in [9.17, 15) is 18.0 Å². The Bertz CT molecular complexity index is 747. The Morgan fingerprint density at radius 3 is 2.46 bits per heavy atom. The second-order valence-corrected chi connectivity index (χ2v) is 6.73. The molecule has 24 heavy (non-hydrogen) atoms. The monoisotopic (exact) mass is 344 g/mol. The molecule has 0 aliphatic heterocycles. The van der Waals surface area contributed by atoms with Crippen LogP contribution in [-0.2, 0) is 17.9 Å². The number of rotatable bonds is 4. The van der Waals surface area contributed by atoms with E-state index >= 15 is 0 Å². The van der Waals surface area contributed by atoms with Crippen molar-refractivity contribution >= 4 is 23.0 Å². The van der Waals surface area contributed by atoms with Crippen LogP contribution in [0.3, 0.4) is 0 Å². The maximum absolute atomic E-state index is 12.9. The molecule has 0 spiro atoms. The van der Waals surface area contributed by atoms with Gasteiger partial charge in [-0.05, 0) is 17.5 Å². The van der Waals surface area contributed by atoms with Crippen LogP contribution in [0.4, 0.5) is 19.1 Å². The number of aliphatic hydroxyl groups is 1. The predicted molar refractivity (Wildman–Crippen MR) is 82.2 cm³/mol. The van der Waals surface area contributed by atoms with Gasteiger partial charge in [-0.3, -0.25) is 14.7 Å². The van der Waals surface area contributed by atoms with Crippen molar-refractivity contribution < 1.29 is 23.1 Å². The molecule has 0 bridgehead atoms. The molecule has 0 aliphatic carbocycles. The fourth-order valence-electron chi connectivity index (χ4n) is 2.20. The Hall–Kier alpha value is -2.16. The lowest BCUT2D eigenvalue weighted by Gasteiger charge is -2.17. The van der Waals surface area contributed by atoms with E-state index in [1.54, 1.807) is 0 Å². The molecule has 2 heterocycles. The Kier molecular flexibility index (Phi) is 4.84. The van der Waals surface area contributed by atoms with Crippen LogP contribution in [-0.4, -0.2) is 31.7 Å². The largest absolute Gasteiger partial charge is 0.406 e. The van der Waals surface area contributed by atoms with E-state index in [4.69, 9.17) is 5.11 Å². The normalized spacial score (nSPS) is 12.6. The molecule has 0 aromatic carbocycles. The summed E-state index contributed by atoms with van der Waals surface area (Å²) < 4.78 is 39.4. The summed E-state index contributed by atoms with van der Waals surface area (Å²) in [4.78, 5) is 20.0.